The molecular formula is C36H51B3N10O10S10U2W7-2. The number of Topliss-reactive ketones (excluding diaryl/α,β-unsaturated/α-hetero) is 1. The summed E-state index contributed by atoms with van der Waals surface area (Å²) in [6.07, 6.45) is 1.73. The zero-order valence-electron chi connectivity index (χ0n) is 42.1. The van der Waals surface area contributed by atoms with Gasteiger partial charge >= 0.3 is 146 Å². The van der Waals surface area contributed by atoms with Crippen molar-refractivity contribution >= 4 is 187 Å². The Hall–Kier alpha value is 3.50. The van der Waals surface area contributed by atoms with E-state index in [0.717, 1.165) is 13.5 Å². The van der Waals surface area contributed by atoms with Crippen molar-refractivity contribution in [2.45, 2.75) is 109 Å². The van der Waals surface area contributed by atoms with Gasteiger partial charge in [-0.05, 0) is 94.8 Å². The third-order valence-corrected chi connectivity index (χ3v) is 49.5. The van der Waals surface area contributed by atoms with Crippen LogP contribution in [0.1, 0.15) is 66.6 Å². The molecule has 0 fully saturated rings. The van der Waals surface area contributed by atoms with E-state index in [1.807, 2.05) is 4.40 Å². The number of ketones is 1. The van der Waals surface area contributed by atoms with Crippen molar-refractivity contribution in [3.05, 3.63) is 36.1 Å². The van der Waals surface area contributed by atoms with E-state index in [1.54, 1.807) is 32.2 Å². The summed E-state index contributed by atoms with van der Waals surface area (Å²) < 4.78 is 1.86. The summed E-state index contributed by atoms with van der Waals surface area (Å²) in [6, 6.07) is -4.83. The summed E-state index contributed by atoms with van der Waals surface area (Å²) in [7, 11) is 11.4. The summed E-state index contributed by atoms with van der Waals surface area (Å²) in [5.74, 6) is -10.1. The number of aromatic nitrogens is 1. The van der Waals surface area contributed by atoms with Gasteiger partial charge in [-0.2, -0.15) is 0 Å². The molecule has 78 heavy (non-hydrogen) atoms. The van der Waals surface area contributed by atoms with Gasteiger partial charge in [0.15, 0.2) is 17.1 Å². The van der Waals surface area contributed by atoms with Gasteiger partial charge in [-0.1, -0.05) is 25.5 Å². The van der Waals surface area contributed by atoms with E-state index in [0.29, 0.717) is 11.3 Å². The molecule has 1 aromatic rings. The van der Waals surface area contributed by atoms with Gasteiger partial charge < -0.3 is 36.7 Å². The van der Waals surface area contributed by atoms with Crippen LogP contribution in [0.4, 0.5) is 0 Å². The standard InChI is InChI=1S/C36H51B3N10O10S10.2U.7W/c1-10-11-24-12-23(14-40-24)13-25(34(58)45-18(5)30(54)44-21(8)33(57)49-36(22(9)50)67(60,61)69(65,66)68(62,63)64)47-32(56)20(7)43-29(53)17(4)42-31(55)19(6)46-35(59)27(39(37)38)48-26(51)15-41-28(52)16(2)3;;;;;;;;;/h1,10-11,14-21,25,27,36,40H,13H2,2-9H3,(H,41,52)(H,42,55)(H,43,53)(H,44,54)(H,45,58)(H,46,59)(H,47,56)(H,48,51)(H,49,57)(H,62,63,64);;;;;;;;;/q-2;;;;;;;;;/t17-,18+,19+,20?,21-,25?,27+,36+;;;;;;;;;/m1........./s1. The Bertz CT molecular complexity index is 2610. The molecule has 0 aliphatic carbocycles. The van der Waals surface area contributed by atoms with Gasteiger partial charge in [0.05, 0.1) is 12.4 Å². The second kappa shape index (κ2) is 46.6. The van der Waals surface area contributed by atoms with Crippen molar-refractivity contribution in [2.75, 3.05) is 0 Å². The Morgan fingerprint density at radius 2 is 1.04 bits per heavy atom. The molecule has 1 heterocycles. The summed E-state index contributed by atoms with van der Waals surface area (Å²) >= 11 is 37.8. The molecule has 0 saturated heterocycles. The third kappa shape index (κ3) is 33.2. The maximum atomic E-state index is 13.8. The molecule has 10 N–H and O–H groups in total. The summed E-state index contributed by atoms with van der Waals surface area (Å²) in [5, 5.41) is 14.2. The number of aromatic amines is 1. The third-order valence-electron chi connectivity index (χ3n) is 9.16. The van der Waals surface area contributed by atoms with E-state index >= 15 is 0 Å². The minimum absolute atomic E-state index is 0. The van der Waals surface area contributed by atoms with E-state index in [1.165, 1.54) is 54.0 Å². The van der Waals surface area contributed by atoms with Crippen LogP contribution in [0.25, 0.3) is 6.08 Å². The van der Waals surface area contributed by atoms with Crippen LogP contribution in [-0.4, -0.2) is 138 Å². The van der Waals surface area contributed by atoms with E-state index in [9.17, 15) is 47.9 Å². The van der Waals surface area contributed by atoms with Gasteiger partial charge in [-0.15, -0.1) is 0 Å². The van der Waals surface area contributed by atoms with E-state index in [-0.39, 0.29) is 195 Å². The fraction of sp³-hybridized carbons (Fsp3) is 0.500. The number of thiol groups is 1. The van der Waals surface area contributed by atoms with Crippen LogP contribution in [0.2, 0.25) is 0 Å². The molecule has 0 aliphatic heterocycles. The van der Waals surface area contributed by atoms with Crippen LogP contribution in [0, 0.1) is 80.8 Å². The van der Waals surface area contributed by atoms with Crippen LogP contribution in [0.3, 0.4) is 0 Å². The number of carbonyl (C=O) groups excluding carboxylic acids is 10. The average molecular weight is 2900 g/mol. The number of nitrogens with one attached hydrogen (secondary N) is 10. The van der Waals surface area contributed by atoms with Gasteiger partial charge in [0.2, 0.25) is 23.6 Å². The first kappa shape index (κ1) is 97.8. The number of hydrogen-bond acceptors (Lipinski definition) is 16. The van der Waals surface area contributed by atoms with Gasteiger partial charge in [-0.3, -0.25) is 33.6 Å². The average Bonchev–Trinajstić information content (AvgIpc) is 3.70. The van der Waals surface area contributed by atoms with Gasteiger partial charge in [-0.25, -0.2) is 6.54 Å². The van der Waals surface area contributed by atoms with Crippen LogP contribution >= 0.6 is 11.7 Å². The molecule has 0 spiro atoms. The minimum Gasteiger partial charge on any atom is -0.343 e. The number of H-pyrrole nitrogens is 1. The molecule has 8 atom stereocenters. The van der Waals surface area contributed by atoms with Crippen molar-refractivity contribution in [3.8, 4) is 0 Å². The molecule has 0 aliphatic rings. The molecule has 9 amide bonds. The van der Waals surface area contributed by atoms with Crippen molar-refractivity contribution in [1.29, 1.82) is 0 Å². The molecule has 4 radical (unpaired) electrons. The zero-order chi connectivity index (χ0) is 54.2. The predicted molar refractivity (Wildman–Crippen MR) is 293 cm³/mol. The Morgan fingerprint density at radius 3 is 1.41 bits per heavy atom. The maximum absolute atomic E-state index is 13.8. The van der Waals surface area contributed by atoms with E-state index in [4.69, 9.17) is 82.6 Å². The van der Waals surface area contributed by atoms with Crippen LogP contribution in [0.15, 0.2) is 12.3 Å². The molecule has 42 heteroatoms. The fourth-order valence-corrected chi connectivity index (χ4v) is 31.8. The quantitative estimate of drug-likeness (QED) is 0.0171. The van der Waals surface area contributed by atoms with Crippen LogP contribution in [-0.2, 0) is 284 Å². The molecule has 1 aromatic heterocycles. The summed E-state index contributed by atoms with van der Waals surface area (Å²) in [6.45, 7) is 10.2. The second-order valence-electron chi connectivity index (χ2n) is 15.5. The number of hydrogen-bond donors (Lipinski definition) is 11. The van der Waals surface area contributed by atoms with Crippen molar-refractivity contribution < 1.29 is 256 Å². The molecular weight excluding hydrogens is 2850 g/mol. The molecule has 0 aromatic carbocycles. The number of amides is 9. The van der Waals surface area contributed by atoms with Gasteiger partial charge in [0.1, 0.15) is 24.0 Å². The smallest absolute Gasteiger partial charge is 0.343 e. The monoisotopic (exact) mass is 2900 g/mol. The van der Waals surface area contributed by atoms with Gasteiger partial charge in [0.25, 0.3) is 0 Å². The Balaban J connectivity index is -0.00000102. The molecule has 2 unspecified atom stereocenters. The van der Waals surface area contributed by atoms with Crippen molar-refractivity contribution in [2.24, 2.45) is 5.92 Å². The first-order valence-corrected chi connectivity index (χ1v) is 34.6. The topological polar surface area (TPSA) is 295 Å². The van der Waals surface area contributed by atoms with Gasteiger partial charge in [0, 0.05) is 227 Å². The second-order valence-corrected chi connectivity index (χ2v) is 46.3. The minimum atomic E-state index is -3.18. The van der Waals surface area contributed by atoms with E-state index in [2.05, 4.69) is 70.6 Å². The first-order valence-electron chi connectivity index (χ1n) is 20.3. The SMILES string of the molecule is [B]B([B])[C@@H](NC(=O)[CH-]NC(=O)C(C)C)C(=O)N[C@@H](C)C(=O)N[C@H](C)C(=O)NC(C)C(=O)NC(Cc1[c-]c(C=C[CH]=[W])[nH]c1)C(=O)N[C@@H](C)C(=O)N[C@H](C)C(=O)N[C@H](C(C)=O)S(=S)(=S)S(=S)(=S)S(=S)(=S)S.[U].[U].[W].[W].[W].[W].[W].[W]. The van der Waals surface area contributed by atoms with Crippen LogP contribution in [0.5, 0.6) is 0 Å². The van der Waals surface area contributed by atoms with E-state index < -0.39 is 136 Å². The zero-order valence-corrected chi connectivity index (χ0v) is 79.2. The number of rotatable bonds is 27. The summed E-state index contributed by atoms with van der Waals surface area (Å²) in [4.78, 5) is 133. The normalized spacial score (nSPS) is 13.6. The predicted octanol–water partition coefficient (Wildman–Crippen LogP) is -4.56. The Morgan fingerprint density at radius 1 is 0.654 bits per heavy atom. The first-order chi connectivity index (χ1) is 32.1. The molecule has 0 saturated carbocycles. The van der Waals surface area contributed by atoms with Crippen LogP contribution < -0.4 is 47.9 Å². The molecule has 20 nitrogen and oxygen atoms in total. The fourth-order valence-electron chi connectivity index (χ4n) is 5.14. The van der Waals surface area contributed by atoms with Crippen molar-refractivity contribution in [1.82, 2.24) is 52.8 Å². The molecule has 426 valence electrons. The number of allylic oxidation sites excluding steroid dienone is 1. The molecule has 0 bridgehead atoms. The Kier molecular flexibility index (Phi) is 58.4. The number of carbonyl (C=O) groups is 10. The Labute approximate surface area is 636 Å². The summed E-state index contributed by atoms with van der Waals surface area (Å²) in [5.41, 5.74) is 1.01. The van der Waals surface area contributed by atoms with Crippen molar-refractivity contribution in [3.63, 3.8) is 0 Å². The molecule has 1 rings (SSSR count).